The largest absolute Gasteiger partial charge is 0.493 e. The van der Waals surface area contributed by atoms with E-state index >= 15 is 0 Å². The SMILES string of the molecule is COc1cc2cc(CN3CCC[C@@H](O)C3)c(-c3cccc(Cl)c3)nc2cc1OC. The van der Waals surface area contributed by atoms with E-state index in [1.54, 1.807) is 14.2 Å². The van der Waals surface area contributed by atoms with Gasteiger partial charge in [0.25, 0.3) is 0 Å². The van der Waals surface area contributed by atoms with Crippen LogP contribution < -0.4 is 9.47 Å². The predicted octanol–water partition coefficient (Wildman–Crippen LogP) is 4.53. The molecule has 1 aliphatic heterocycles. The average molecular weight is 413 g/mol. The summed E-state index contributed by atoms with van der Waals surface area (Å²) < 4.78 is 10.9. The Bertz CT molecular complexity index is 1020. The smallest absolute Gasteiger partial charge is 0.162 e. The van der Waals surface area contributed by atoms with Crippen molar-refractivity contribution < 1.29 is 14.6 Å². The molecule has 1 fully saturated rings. The van der Waals surface area contributed by atoms with Gasteiger partial charge in [0.05, 0.1) is 31.5 Å². The number of β-amino-alcohol motifs (C(OH)–C–C–N with tert-alkyl or cyclic N) is 1. The zero-order chi connectivity index (χ0) is 20.4. The molecule has 1 saturated heterocycles. The van der Waals surface area contributed by atoms with Gasteiger partial charge in [-0.1, -0.05) is 23.7 Å². The summed E-state index contributed by atoms with van der Waals surface area (Å²) in [6, 6.07) is 13.8. The summed E-state index contributed by atoms with van der Waals surface area (Å²) in [5.41, 5.74) is 3.80. The van der Waals surface area contributed by atoms with Crippen LogP contribution in [0.5, 0.6) is 11.5 Å². The van der Waals surface area contributed by atoms with Crippen LogP contribution in [0.4, 0.5) is 0 Å². The predicted molar refractivity (Wildman–Crippen MR) is 116 cm³/mol. The lowest BCUT2D eigenvalue weighted by atomic mass is 10.0. The van der Waals surface area contributed by atoms with Crippen molar-refractivity contribution in [2.75, 3.05) is 27.3 Å². The number of hydrogen-bond acceptors (Lipinski definition) is 5. The van der Waals surface area contributed by atoms with E-state index in [9.17, 15) is 5.11 Å². The molecule has 2 heterocycles. The van der Waals surface area contributed by atoms with E-state index in [1.807, 2.05) is 36.4 Å². The van der Waals surface area contributed by atoms with Crippen molar-refractivity contribution in [2.45, 2.75) is 25.5 Å². The number of pyridine rings is 1. The van der Waals surface area contributed by atoms with Crippen LogP contribution in [-0.4, -0.2) is 48.4 Å². The lowest BCUT2D eigenvalue weighted by Crippen LogP contribution is -2.37. The minimum Gasteiger partial charge on any atom is -0.493 e. The number of likely N-dealkylation sites (tertiary alicyclic amines) is 1. The molecule has 152 valence electrons. The molecular weight excluding hydrogens is 388 g/mol. The summed E-state index contributed by atoms with van der Waals surface area (Å²) in [6.07, 6.45) is 1.60. The second-order valence-electron chi connectivity index (χ2n) is 7.44. The molecule has 0 radical (unpaired) electrons. The quantitative estimate of drug-likeness (QED) is 0.667. The van der Waals surface area contributed by atoms with Gasteiger partial charge in [0.1, 0.15) is 0 Å². The Kier molecular flexibility index (Phi) is 5.90. The molecule has 5 nitrogen and oxygen atoms in total. The molecule has 0 spiro atoms. The molecule has 0 aliphatic carbocycles. The Balaban J connectivity index is 1.84. The van der Waals surface area contributed by atoms with Gasteiger partial charge in [-0.05, 0) is 49.2 Å². The summed E-state index contributed by atoms with van der Waals surface area (Å²) >= 11 is 6.26. The fourth-order valence-corrected chi connectivity index (χ4v) is 4.16. The third-order valence-electron chi connectivity index (χ3n) is 5.37. The first-order chi connectivity index (χ1) is 14.1. The third kappa shape index (κ3) is 4.32. The van der Waals surface area contributed by atoms with Crippen molar-refractivity contribution >= 4 is 22.5 Å². The van der Waals surface area contributed by atoms with E-state index in [0.29, 0.717) is 23.1 Å². The molecular formula is C23H25ClN2O3. The zero-order valence-electron chi connectivity index (χ0n) is 16.7. The van der Waals surface area contributed by atoms with Gasteiger partial charge >= 0.3 is 0 Å². The van der Waals surface area contributed by atoms with Crippen molar-refractivity contribution in [2.24, 2.45) is 0 Å². The number of aliphatic hydroxyl groups is 1. The van der Waals surface area contributed by atoms with E-state index in [-0.39, 0.29) is 6.10 Å². The highest BCUT2D eigenvalue weighted by atomic mass is 35.5. The Morgan fingerprint density at radius 1 is 1.14 bits per heavy atom. The van der Waals surface area contributed by atoms with Crippen LogP contribution in [0.15, 0.2) is 42.5 Å². The highest BCUT2D eigenvalue weighted by Crippen LogP contribution is 2.35. The van der Waals surface area contributed by atoms with Gasteiger partial charge in [0.15, 0.2) is 11.5 Å². The molecule has 4 rings (SSSR count). The average Bonchev–Trinajstić information content (AvgIpc) is 2.72. The molecule has 1 atom stereocenters. The van der Waals surface area contributed by atoms with Gasteiger partial charge in [0.2, 0.25) is 0 Å². The fraction of sp³-hybridized carbons (Fsp3) is 0.348. The molecule has 0 amide bonds. The van der Waals surface area contributed by atoms with Crippen LogP contribution in [0.3, 0.4) is 0 Å². The first-order valence-corrected chi connectivity index (χ1v) is 10.2. The number of benzene rings is 2. The van der Waals surface area contributed by atoms with Crippen molar-refractivity contribution in [1.82, 2.24) is 9.88 Å². The highest BCUT2D eigenvalue weighted by Gasteiger charge is 2.20. The summed E-state index contributed by atoms with van der Waals surface area (Å²) in [7, 11) is 3.26. The van der Waals surface area contributed by atoms with Gasteiger partial charge in [-0.3, -0.25) is 4.90 Å². The van der Waals surface area contributed by atoms with Crippen molar-refractivity contribution in [3.05, 3.63) is 53.1 Å². The maximum absolute atomic E-state index is 10.1. The van der Waals surface area contributed by atoms with Crippen LogP contribution in [-0.2, 0) is 6.54 Å². The number of aromatic nitrogens is 1. The summed E-state index contributed by atoms with van der Waals surface area (Å²) in [4.78, 5) is 7.26. The number of piperidine rings is 1. The van der Waals surface area contributed by atoms with E-state index < -0.39 is 0 Å². The van der Waals surface area contributed by atoms with Gasteiger partial charge < -0.3 is 14.6 Å². The molecule has 0 bridgehead atoms. The Morgan fingerprint density at radius 2 is 1.93 bits per heavy atom. The Hall–Kier alpha value is -2.34. The standard InChI is InChI=1S/C23H25ClN2O3/c1-28-21-11-16-9-17(13-26-8-4-7-19(27)14-26)23(15-5-3-6-18(24)10-15)25-20(16)12-22(21)29-2/h3,5-6,9-12,19,27H,4,7-8,13-14H2,1-2H3/t19-/m1/s1. The monoisotopic (exact) mass is 412 g/mol. The molecule has 0 unspecified atom stereocenters. The lowest BCUT2D eigenvalue weighted by Gasteiger charge is -2.30. The highest BCUT2D eigenvalue weighted by molar-refractivity contribution is 6.30. The number of ether oxygens (including phenoxy) is 2. The maximum Gasteiger partial charge on any atom is 0.162 e. The lowest BCUT2D eigenvalue weighted by molar-refractivity contribution is 0.0669. The topological polar surface area (TPSA) is 54.8 Å². The van der Waals surface area contributed by atoms with E-state index in [4.69, 9.17) is 26.1 Å². The summed E-state index contributed by atoms with van der Waals surface area (Å²) in [5.74, 6) is 1.33. The van der Waals surface area contributed by atoms with E-state index in [2.05, 4.69) is 11.0 Å². The van der Waals surface area contributed by atoms with Crippen LogP contribution in [0, 0.1) is 0 Å². The number of fused-ring (bicyclic) bond motifs is 1. The fourth-order valence-electron chi connectivity index (χ4n) is 3.97. The van der Waals surface area contributed by atoms with Gasteiger partial charge in [-0.25, -0.2) is 4.98 Å². The minimum absolute atomic E-state index is 0.267. The molecule has 1 aliphatic rings. The molecule has 0 saturated carbocycles. The zero-order valence-corrected chi connectivity index (χ0v) is 17.4. The first-order valence-electron chi connectivity index (χ1n) is 9.79. The number of rotatable bonds is 5. The van der Waals surface area contributed by atoms with Crippen LogP contribution in [0.25, 0.3) is 22.2 Å². The molecule has 29 heavy (non-hydrogen) atoms. The third-order valence-corrected chi connectivity index (χ3v) is 5.61. The summed E-state index contributed by atoms with van der Waals surface area (Å²) in [5, 5.41) is 11.7. The first kappa shape index (κ1) is 20.0. The molecule has 1 N–H and O–H groups in total. The molecule has 3 aromatic rings. The second kappa shape index (κ2) is 8.57. The Labute approximate surface area is 175 Å². The van der Waals surface area contributed by atoms with Crippen LogP contribution in [0.1, 0.15) is 18.4 Å². The van der Waals surface area contributed by atoms with Crippen molar-refractivity contribution in [3.63, 3.8) is 0 Å². The van der Waals surface area contributed by atoms with Crippen molar-refractivity contribution in [3.8, 4) is 22.8 Å². The van der Waals surface area contributed by atoms with Gasteiger partial charge in [-0.2, -0.15) is 0 Å². The van der Waals surface area contributed by atoms with Crippen LogP contribution >= 0.6 is 11.6 Å². The molecule has 2 aromatic carbocycles. The number of hydrogen-bond donors (Lipinski definition) is 1. The molecule has 1 aromatic heterocycles. The van der Waals surface area contributed by atoms with Gasteiger partial charge in [-0.15, -0.1) is 0 Å². The van der Waals surface area contributed by atoms with Gasteiger partial charge in [0, 0.05) is 35.1 Å². The molecule has 6 heteroatoms. The number of nitrogens with zero attached hydrogens (tertiary/aromatic N) is 2. The number of methoxy groups -OCH3 is 2. The maximum atomic E-state index is 10.1. The van der Waals surface area contributed by atoms with Crippen molar-refractivity contribution in [1.29, 1.82) is 0 Å². The van der Waals surface area contributed by atoms with E-state index in [1.165, 1.54) is 0 Å². The van der Waals surface area contributed by atoms with Crippen LogP contribution in [0.2, 0.25) is 5.02 Å². The second-order valence-corrected chi connectivity index (χ2v) is 7.87. The minimum atomic E-state index is -0.267. The normalized spacial score (nSPS) is 17.4. The Morgan fingerprint density at radius 3 is 2.66 bits per heavy atom. The number of halogens is 1. The summed E-state index contributed by atoms with van der Waals surface area (Å²) in [6.45, 7) is 2.37. The number of aliphatic hydroxyl groups excluding tert-OH is 1. The van der Waals surface area contributed by atoms with E-state index in [0.717, 1.165) is 53.7 Å².